The van der Waals surface area contributed by atoms with Crippen LogP contribution in [-0.2, 0) is 4.79 Å². The summed E-state index contributed by atoms with van der Waals surface area (Å²) in [4.78, 5) is 15.1. The molecule has 0 radical (unpaired) electrons. The van der Waals surface area contributed by atoms with Crippen LogP contribution in [0.15, 0.2) is 0 Å². The van der Waals surface area contributed by atoms with Crippen LogP contribution in [0.3, 0.4) is 0 Å². The van der Waals surface area contributed by atoms with Gasteiger partial charge in [-0.05, 0) is 49.9 Å². The predicted molar refractivity (Wildman–Crippen MR) is 76.8 cm³/mol. The fourth-order valence-electron chi connectivity index (χ4n) is 4.54. The van der Waals surface area contributed by atoms with Crippen LogP contribution in [0.2, 0.25) is 0 Å². The predicted octanol–water partition coefficient (Wildman–Crippen LogP) is 2.27. The first-order valence-electron chi connectivity index (χ1n) is 8.22. The summed E-state index contributed by atoms with van der Waals surface area (Å²) in [6.07, 6.45) is 5.86. The number of rotatable bonds is 2. The molecule has 1 saturated carbocycles. The van der Waals surface area contributed by atoms with E-state index in [4.69, 9.17) is 0 Å². The highest BCUT2D eigenvalue weighted by Gasteiger charge is 2.46. The minimum Gasteiger partial charge on any atom is -0.339 e. The van der Waals surface area contributed by atoms with Gasteiger partial charge in [0.2, 0.25) is 5.91 Å². The number of amides is 1. The first kappa shape index (κ1) is 13.4. The zero-order valence-electron chi connectivity index (χ0n) is 12.4. The molecule has 3 fully saturated rings. The minimum absolute atomic E-state index is 0.331. The van der Waals surface area contributed by atoms with Crippen molar-refractivity contribution in [1.29, 1.82) is 0 Å². The van der Waals surface area contributed by atoms with E-state index in [9.17, 15) is 4.79 Å². The van der Waals surface area contributed by atoms with Crippen LogP contribution in [0.5, 0.6) is 0 Å². The summed E-state index contributed by atoms with van der Waals surface area (Å²) in [5, 5.41) is 3.50. The molecule has 1 N–H and O–H groups in total. The third-order valence-electron chi connectivity index (χ3n) is 5.78. The number of hydrogen-bond acceptors (Lipinski definition) is 2. The summed E-state index contributed by atoms with van der Waals surface area (Å²) in [6.45, 7) is 7.82. The molecule has 108 valence electrons. The van der Waals surface area contributed by atoms with Crippen molar-refractivity contribution in [1.82, 2.24) is 10.2 Å². The van der Waals surface area contributed by atoms with E-state index in [1.54, 1.807) is 0 Å². The molecule has 3 rings (SSSR count). The Bertz CT molecular complexity index is 336. The van der Waals surface area contributed by atoms with Crippen molar-refractivity contribution < 1.29 is 4.79 Å². The van der Waals surface area contributed by atoms with Gasteiger partial charge in [-0.15, -0.1) is 0 Å². The molecular formula is C16H28N2O. The summed E-state index contributed by atoms with van der Waals surface area (Å²) in [5.74, 6) is 3.08. The zero-order valence-corrected chi connectivity index (χ0v) is 12.4. The topological polar surface area (TPSA) is 32.3 Å². The van der Waals surface area contributed by atoms with Gasteiger partial charge in [0.05, 0.1) is 0 Å². The van der Waals surface area contributed by atoms with Crippen molar-refractivity contribution in [2.45, 2.75) is 52.0 Å². The number of carbonyl (C=O) groups is 1. The lowest BCUT2D eigenvalue weighted by Crippen LogP contribution is -2.43. The van der Waals surface area contributed by atoms with Crippen molar-refractivity contribution in [3.05, 3.63) is 0 Å². The van der Waals surface area contributed by atoms with E-state index >= 15 is 0 Å². The molecule has 2 heterocycles. The van der Waals surface area contributed by atoms with Crippen LogP contribution in [0, 0.1) is 23.7 Å². The molecule has 3 nitrogen and oxygen atoms in total. The van der Waals surface area contributed by atoms with Gasteiger partial charge in [0.15, 0.2) is 0 Å². The van der Waals surface area contributed by atoms with Crippen molar-refractivity contribution >= 4 is 5.91 Å². The van der Waals surface area contributed by atoms with Gasteiger partial charge in [-0.1, -0.05) is 13.8 Å². The molecular weight excluding hydrogens is 236 g/mol. The van der Waals surface area contributed by atoms with Crippen LogP contribution in [0.25, 0.3) is 0 Å². The number of likely N-dealkylation sites (tertiary alicyclic amines) is 1. The molecule has 3 unspecified atom stereocenters. The number of carbonyl (C=O) groups excluding carboxylic acids is 1. The molecule has 19 heavy (non-hydrogen) atoms. The van der Waals surface area contributed by atoms with E-state index in [2.05, 4.69) is 24.1 Å². The maximum Gasteiger partial charge on any atom is 0.225 e. The lowest BCUT2D eigenvalue weighted by atomic mass is 9.82. The average Bonchev–Trinajstić information content (AvgIpc) is 2.98. The Kier molecular flexibility index (Phi) is 3.84. The summed E-state index contributed by atoms with van der Waals surface area (Å²) >= 11 is 0. The molecule has 1 aliphatic carbocycles. The highest BCUT2D eigenvalue weighted by molar-refractivity contribution is 5.79. The van der Waals surface area contributed by atoms with Crippen LogP contribution >= 0.6 is 0 Å². The van der Waals surface area contributed by atoms with E-state index < -0.39 is 0 Å². The first-order valence-corrected chi connectivity index (χ1v) is 8.22. The van der Waals surface area contributed by atoms with Gasteiger partial charge in [0.1, 0.15) is 0 Å². The number of nitrogens with zero attached hydrogens (tertiary/aromatic N) is 1. The van der Waals surface area contributed by atoms with Gasteiger partial charge in [0, 0.05) is 31.6 Å². The molecule has 1 amide bonds. The number of nitrogens with one attached hydrogen (secondary N) is 1. The first-order chi connectivity index (χ1) is 9.20. The van der Waals surface area contributed by atoms with Crippen LogP contribution in [0.4, 0.5) is 0 Å². The Morgan fingerprint density at radius 2 is 1.95 bits per heavy atom. The van der Waals surface area contributed by atoms with Gasteiger partial charge < -0.3 is 10.2 Å². The SMILES string of the molecule is CCC1C2CNCC2CN1C(=O)C1CCC(C)CC1. The highest BCUT2D eigenvalue weighted by atomic mass is 16.2. The van der Waals surface area contributed by atoms with E-state index in [0.29, 0.717) is 17.9 Å². The fourth-order valence-corrected chi connectivity index (χ4v) is 4.54. The quantitative estimate of drug-likeness (QED) is 0.830. The Balaban J connectivity index is 1.66. The monoisotopic (exact) mass is 264 g/mol. The summed E-state index contributed by atoms with van der Waals surface area (Å²) in [5.41, 5.74) is 0. The number of fused-ring (bicyclic) bond motifs is 1. The van der Waals surface area contributed by atoms with Gasteiger partial charge >= 0.3 is 0 Å². The lowest BCUT2D eigenvalue weighted by molar-refractivity contribution is -0.138. The second kappa shape index (κ2) is 5.43. The van der Waals surface area contributed by atoms with Gasteiger partial charge in [-0.3, -0.25) is 4.79 Å². The summed E-state index contributed by atoms with van der Waals surface area (Å²) in [7, 11) is 0. The fraction of sp³-hybridized carbons (Fsp3) is 0.938. The Morgan fingerprint density at radius 3 is 2.63 bits per heavy atom. The van der Waals surface area contributed by atoms with Gasteiger partial charge in [-0.25, -0.2) is 0 Å². The molecule has 3 atom stereocenters. The maximum atomic E-state index is 12.8. The molecule has 0 bridgehead atoms. The molecule has 0 aromatic heterocycles. The van der Waals surface area contributed by atoms with Crippen LogP contribution < -0.4 is 5.32 Å². The van der Waals surface area contributed by atoms with Crippen molar-refractivity contribution in [3.8, 4) is 0 Å². The average molecular weight is 264 g/mol. The molecule has 0 spiro atoms. The molecule has 2 aliphatic heterocycles. The van der Waals surface area contributed by atoms with Crippen molar-refractivity contribution in [2.75, 3.05) is 19.6 Å². The Hall–Kier alpha value is -0.570. The molecule has 3 heteroatoms. The highest BCUT2D eigenvalue weighted by Crippen LogP contribution is 2.37. The molecule has 2 saturated heterocycles. The molecule has 0 aromatic rings. The van der Waals surface area contributed by atoms with Crippen LogP contribution in [-0.4, -0.2) is 36.5 Å². The second-order valence-corrected chi connectivity index (χ2v) is 7.01. The number of hydrogen-bond donors (Lipinski definition) is 1. The maximum absolute atomic E-state index is 12.8. The standard InChI is InChI=1S/C16H28N2O/c1-3-15-14-9-17-8-13(14)10-18(15)16(19)12-6-4-11(2)5-7-12/h11-15,17H,3-10H2,1-2H3. The second-order valence-electron chi connectivity index (χ2n) is 7.01. The molecule has 0 aromatic carbocycles. The third kappa shape index (κ3) is 2.42. The third-order valence-corrected chi connectivity index (χ3v) is 5.78. The largest absolute Gasteiger partial charge is 0.339 e. The van der Waals surface area contributed by atoms with Crippen LogP contribution in [0.1, 0.15) is 46.0 Å². The minimum atomic E-state index is 0.331. The Labute approximate surface area is 117 Å². The van der Waals surface area contributed by atoms with E-state index in [0.717, 1.165) is 56.7 Å². The van der Waals surface area contributed by atoms with Crippen molar-refractivity contribution in [2.24, 2.45) is 23.7 Å². The normalized spacial score (nSPS) is 42.4. The Morgan fingerprint density at radius 1 is 1.21 bits per heavy atom. The smallest absolute Gasteiger partial charge is 0.225 e. The van der Waals surface area contributed by atoms with E-state index in [1.165, 1.54) is 12.8 Å². The molecule has 3 aliphatic rings. The summed E-state index contributed by atoms with van der Waals surface area (Å²) in [6, 6.07) is 0.506. The zero-order chi connectivity index (χ0) is 13.4. The van der Waals surface area contributed by atoms with E-state index in [-0.39, 0.29) is 0 Å². The summed E-state index contributed by atoms with van der Waals surface area (Å²) < 4.78 is 0. The van der Waals surface area contributed by atoms with Gasteiger partial charge in [-0.2, -0.15) is 0 Å². The van der Waals surface area contributed by atoms with Crippen molar-refractivity contribution in [3.63, 3.8) is 0 Å². The van der Waals surface area contributed by atoms with E-state index in [1.807, 2.05) is 0 Å². The van der Waals surface area contributed by atoms with Gasteiger partial charge in [0.25, 0.3) is 0 Å². The lowest BCUT2D eigenvalue weighted by Gasteiger charge is -2.33.